The molecule has 1 aromatic carbocycles. The van der Waals surface area contributed by atoms with Crippen LogP contribution in [0.15, 0.2) is 39.1 Å². The molecule has 31 heavy (non-hydrogen) atoms. The van der Waals surface area contributed by atoms with Crippen LogP contribution < -0.4 is 10.1 Å². The van der Waals surface area contributed by atoms with Crippen molar-refractivity contribution in [3.05, 3.63) is 44.7 Å². The van der Waals surface area contributed by atoms with E-state index in [1.165, 1.54) is 0 Å². The van der Waals surface area contributed by atoms with E-state index in [1.807, 2.05) is 13.0 Å². The first-order valence-corrected chi connectivity index (χ1v) is 11.7. The number of dihydropyridines is 1. The van der Waals surface area contributed by atoms with Gasteiger partial charge in [-0.2, -0.15) is 0 Å². The molecule has 0 aromatic heterocycles. The third kappa shape index (κ3) is 3.95. The molecule has 2 N–H and O–H groups in total. The van der Waals surface area contributed by atoms with Gasteiger partial charge in [0.1, 0.15) is 0 Å². The van der Waals surface area contributed by atoms with Gasteiger partial charge in [-0.25, -0.2) is 0 Å². The second kappa shape index (κ2) is 7.51. The van der Waals surface area contributed by atoms with E-state index in [2.05, 4.69) is 48.9 Å². The smallest absolute Gasteiger partial charge is 0.172 e. The fourth-order valence-electron chi connectivity index (χ4n) is 5.25. The lowest BCUT2D eigenvalue weighted by Gasteiger charge is -2.44. The summed E-state index contributed by atoms with van der Waals surface area (Å²) in [6.45, 7) is 10.7. The Morgan fingerprint density at radius 3 is 2.00 bits per heavy atom. The fraction of sp³-hybridized carbons (Fsp3) is 0.520. The molecule has 5 nitrogen and oxygen atoms in total. The lowest BCUT2D eigenvalue weighted by atomic mass is 9.64. The van der Waals surface area contributed by atoms with Gasteiger partial charge in [0, 0.05) is 41.3 Å². The van der Waals surface area contributed by atoms with E-state index in [9.17, 15) is 14.7 Å². The summed E-state index contributed by atoms with van der Waals surface area (Å²) in [7, 11) is 0. The zero-order chi connectivity index (χ0) is 22.7. The van der Waals surface area contributed by atoms with Gasteiger partial charge in [0.25, 0.3) is 0 Å². The van der Waals surface area contributed by atoms with Crippen LogP contribution in [0.1, 0.15) is 71.8 Å². The third-order valence-electron chi connectivity index (χ3n) is 6.40. The van der Waals surface area contributed by atoms with Gasteiger partial charge in [-0.3, -0.25) is 9.59 Å². The Labute approximate surface area is 192 Å². The number of halogens is 1. The third-order valence-corrected chi connectivity index (χ3v) is 7.01. The quantitative estimate of drug-likeness (QED) is 0.586. The molecular formula is C25H30BrNO4. The van der Waals surface area contributed by atoms with Gasteiger partial charge in [-0.1, -0.05) is 27.7 Å². The van der Waals surface area contributed by atoms with Crippen LogP contribution in [-0.4, -0.2) is 23.3 Å². The van der Waals surface area contributed by atoms with E-state index in [0.717, 1.165) is 29.8 Å². The molecule has 0 radical (unpaired) electrons. The topological polar surface area (TPSA) is 75.6 Å². The number of benzene rings is 1. The van der Waals surface area contributed by atoms with E-state index in [4.69, 9.17) is 4.74 Å². The summed E-state index contributed by atoms with van der Waals surface area (Å²) in [6.07, 6.45) is 2.41. The molecule has 0 saturated carbocycles. The summed E-state index contributed by atoms with van der Waals surface area (Å²) in [6, 6.07) is 3.58. The van der Waals surface area contributed by atoms with E-state index in [0.29, 0.717) is 40.8 Å². The molecule has 0 spiro atoms. The number of aromatic hydroxyl groups is 1. The van der Waals surface area contributed by atoms with Gasteiger partial charge < -0.3 is 15.2 Å². The number of phenolic OH excluding ortho intramolecular Hbond substituents is 1. The second-order valence-corrected chi connectivity index (χ2v) is 11.4. The van der Waals surface area contributed by atoms with Crippen LogP contribution in [0.5, 0.6) is 11.5 Å². The minimum Gasteiger partial charge on any atom is -0.503 e. The number of hydrogen-bond acceptors (Lipinski definition) is 5. The molecule has 0 unspecified atom stereocenters. The SMILES string of the molecule is CCOc1cc(C2C3=C(CC(C)(C)CC3=O)NC3=C2C(=O)CC(C)(C)C3)cc(Br)c1O. The monoisotopic (exact) mass is 487 g/mol. The molecule has 6 heteroatoms. The van der Waals surface area contributed by atoms with Crippen LogP contribution in [-0.2, 0) is 9.59 Å². The summed E-state index contributed by atoms with van der Waals surface area (Å²) in [5, 5.41) is 13.9. The summed E-state index contributed by atoms with van der Waals surface area (Å²) in [5.74, 6) is 0.0803. The first kappa shape index (κ1) is 22.1. The van der Waals surface area contributed by atoms with Crippen LogP contribution in [0.2, 0.25) is 0 Å². The van der Waals surface area contributed by atoms with Crippen LogP contribution in [0.25, 0.3) is 0 Å². The Kier molecular flexibility index (Phi) is 5.36. The average molecular weight is 488 g/mol. The van der Waals surface area contributed by atoms with E-state index >= 15 is 0 Å². The van der Waals surface area contributed by atoms with E-state index in [-0.39, 0.29) is 28.1 Å². The van der Waals surface area contributed by atoms with Crippen molar-refractivity contribution in [3.63, 3.8) is 0 Å². The lowest BCUT2D eigenvalue weighted by molar-refractivity contribution is -0.119. The average Bonchev–Trinajstić information content (AvgIpc) is 2.61. The number of rotatable bonds is 3. The van der Waals surface area contributed by atoms with Gasteiger partial charge in [-0.15, -0.1) is 0 Å². The maximum Gasteiger partial charge on any atom is 0.172 e. The minimum absolute atomic E-state index is 0.0233. The van der Waals surface area contributed by atoms with Gasteiger partial charge in [0.15, 0.2) is 23.1 Å². The number of ether oxygens (including phenoxy) is 1. The Balaban J connectivity index is 1.94. The minimum atomic E-state index is -0.449. The molecule has 0 atom stereocenters. The molecule has 166 valence electrons. The number of nitrogens with one attached hydrogen (secondary N) is 1. The van der Waals surface area contributed by atoms with Crippen molar-refractivity contribution in [2.75, 3.05) is 6.61 Å². The zero-order valence-electron chi connectivity index (χ0n) is 18.8. The highest BCUT2D eigenvalue weighted by Gasteiger charge is 2.46. The summed E-state index contributed by atoms with van der Waals surface area (Å²) >= 11 is 3.43. The molecule has 0 saturated heterocycles. The molecule has 0 bridgehead atoms. The predicted molar refractivity (Wildman–Crippen MR) is 123 cm³/mol. The molecule has 4 rings (SSSR count). The first-order valence-electron chi connectivity index (χ1n) is 10.9. The summed E-state index contributed by atoms with van der Waals surface area (Å²) in [4.78, 5) is 26.7. The van der Waals surface area contributed by atoms with Crippen molar-refractivity contribution in [3.8, 4) is 11.5 Å². The lowest BCUT2D eigenvalue weighted by Crippen LogP contribution is -2.42. The van der Waals surface area contributed by atoms with E-state index < -0.39 is 5.92 Å². The van der Waals surface area contributed by atoms with Crippen molar-refractivity contribution >= 4 is 27.5 Å². The molecule has 0 fully saturated rings. The largest absolute Gasteiger partial charge is 0.503 e. The Hall–Kier alpha value is -2.08. The molecule has 0 amide bonds. The summed E-state index contributed by atoms with van der Waals surface area (Å²) < 4.78 is 6.13. The second-order valence-electron chi connectivity index (χ2n) is 10.5. The van der Waals surface area contributed by atoms with Crippen molar-refractivity contribution < 1.29 is 19.4 Å². The Bertz CT molecular complexity index is 996. The number of carbonyl (C=O) groups excluding carboxylic acids is 2. The number of allylic oxidation sites excluding steroid dienone is 4. The van der Waals surface area contributed by atoms with Crippen LogP contribution in [0, 0.1) is 10.8 Å². The molecule has 1 heterocycles. The molecular weight excluding hydrogens is 458 g/mol. The van der Waals surface area contributed by atoms with E-state index in [1.54, 1.807) is 6.07 Å². The van der Waals surface area contributed by atoms with Crippen LogP contribution >= 0.6 is 15.9 Å². The van der Waals surface area contributed by atoms with Crippen molar-refractivity contribution in [1.29, 1.82) is 0 Å². The molecule has 2 aliphatic carbocycles. The van der Waals surface area contributed by atoms with Gasteiger partial charge in [0.05, 0.1) is 11.1 Å². The highest BCUT2D eigenvalue weighted by atomic mass is 79.9. The zero-order valence-corrected chi connectivity index (χ0v) is 20.4. The van der Waals surface area contributed by atoms with Crippen molar-refractivity contribution in [1.82, 2.24) is 5.32 Å². The fourth-order valence-corrected chi connectivity index (χ4v) is 5.71. The van der Waals surface area contributed by atoms with Crippen molar-refractivity contribution in [2.45, 2.75) is 66.2 Å². The number of carbonyl (C=O) groups is 2. The first-order chi connectivity index (χ1) is 14.4. The number of hydrogen-bond donors (Lipinski definition) is 2. The molecule has 1 aromatic rings. The van der Waals surface area contributed by atoms with Crippen molar-refractivity contribution in [2.24, 2.45) is 10.8 Å². The molecule has 3 aliphatic rings. The number of ketones is 2. The highest BCUT2D eigenvalue weighted by molar-refractivity contribution is 9.10. The van der Waals surface area contributed by atoms with Gasteiger partial charge in [-0.05, 0) is 64.2 Å². The van der Waals surface area contributed by atoms with Gasteiger partial charge in [0.2, 0.25) is 0 Å². The Morgan fingerprint density at radius 1 is 1.00 bits per heavy atom. The highest BCUT2D eigenvalue weighted by Crippen LogP contribution is 2.52. The number of phenols is 1. The van der Waals surface area contributed by atoms with Gasteiger partial charge >= 0.3 is 0 Å². The number of Topliss-reactive ketones (excluding diaryl/α,β-unsaturated/α-hetero) is 2. The standard InChI is InChI=1S/C25H30BrNO4/c1-6-31-19-8-13(7-14(26)23(19)30)20-21-15(9-24(2,3)11-17(21)28)27-16-10-25(4,5)12-18(29)22(16)20/h7-8,20,27,30H,6,9-12H2,1-5H3. The maximum absolute atomic E-state index is 13.4. The molecule has 1 aliphatic heterocycles. The Morgan fingerprint density at radius 2 is 1.52 bits per heavy atom. The normalized spacial score (nSPS) is 22.8. The summed E-state index contributed by atoms with van der Waals surface area (Å²) in [5.41, 5.74) is 3.75. The predicted octanol–water partition coefficient (Wildman–Crippen LogP) is 5.53. The van der Waals surface area contributed by atoms with Crippen LogP contribution in [0.4, 0.5) is 0 Å². The van der Waals surface area contributed by atoms with Crippen LogP contribution in [0.3, 0.4) is 0 Å². The maximum atomic E-state index is 13.4.